The average Bonchev–Trinajstić information content (AvgIpc) is 3.31. The minimum atomic E-state index is -0.385. The molecule has 0 saturated carbocycles. The Kier molecular flexibility index (Phi) is 4.30. The van der Waals surface area contributed by atoms with E-state index in [2.05, 4.69) is 30.1 Å². The quantitative estimate of drug-likeness (QED) is 0.701. The second kappa shape index (κ2) is 6.90. The minimum Gasteiger partial charge on any atom is -0.339 e. The third-order valence-corrected chi connectivity index (χ3v) is 4.36. The van der Waals surface area contributed by atoms with E-state index in [-0.39, 0.29) is 23.2 Å². The first-order chi connectivity index (χ1) is 12.7. The largest absolute Gasteiger partial charge is 0.339 e. The van der Waals surface area contributed by atoms with Crippen molar-refractivity contribution in [1.29, 1.82) is 0 Å². The van der Waals surface area contributed by atoms with E-state index in [1.54, 1.807) is 23.5 Å². The lowest BCUT2D eigenvalue weighted by Crippen LogP contribution is -2.40. The van der Waals surface area contributed by atoms with Gasteiger partial charge in [0.25, 0.3) is 5.91 Å². The number of H-pyrrole nitrogens is 2. The molecule has 0 aromatic carbocycles. The van der Waals surface area contributed by atoms with Gasteiger partial charge in [0.1, 0.15) is 11.4 Å². The fourth-order valence-electron chi connectivity index (χ4n) is 3.14. The molecule has 26 heavy (non-hydrogen) atoms. The monoisotopic (exact) mass is 355 g/mol. The molecule has 0 aliphatic carbocycles. The van der Waals surface area contributed by atoms with Gasteiger partial charge in [0.2, 0.25) is 11.7 Å². The molecule has 1 atom stereocenters. The third kappa shape index (κ3) is 3.39. The number of likely N-dealkylation sites (tertiary alicyclic amines) is 1. The summed E-state index contributed by atoms with van der Waals surface area (Å²) in [6, 6.07) is 0. The molecule has 134 valence electrons. The second-order valence-corrected chi connectivity index (χ2v) is 6.22. The van der Waals surface area contributed by atoms with Crippen molar-refractivity contribution in [3.8, 4) is 11.5 Å². The van der Waals surface area contributed by atoms with Gasteiger partial charge in [0.05, 0.1) is 6.20 Å². The van der Waals surface area contributed by atoms with E-state index in [1.807, 2.05) is 0 Å². The summed E-state index contributed by atoms with van der Waals surface area (Å²) < 4.78 is 5.32. The molecule has 1 aliphatic heterocycles. The zero-order chi connectivity index (χ0) is 17.9. The molecule has 4 rings (SSSR count). The molecule has 1 amide bonds. The highest BCUT2D eigenvalue weighted by molar-refractivity contribution is 5.92. The lowest BCUT2D eigenvalue weighted by molar-refractivity contribution is 0.0662. The number of aromatic amines is 2. The van der Waals surface area contributed by atoms with Gasteiger partial charge in [-0.25, -0.2) is 9.78 Å². The molecule has 1 aliphatic rings. The first-order valence-corrected chi connectivity index (χ1v) is 8.35. The summed E-state index contributed by atoms with van der Waals surface area (Å²) in [7, 11) is 0. The fourth-order valence-corrected chi connectivity index (χ4v) is 3.14. The Bertz CT molecular complexity index is 946. The van der Waals surface area contributed by atoms with Crippen LogP contribution in [0.3, 0.4) is 0 Å². The summed E-state index contributed by atoms with van der Waals surface area (Å²) >= 11 is 0. The van der Waals surface area contributed by atoms with Gasteiger partial charge in [-0.1, -0.05) is 5.16 Å². The number of hydrogen-bond donors (Lipinski definition) is 2. The topological polar surface area (TPSA) is 134 Å². The van der Waals surface area contributed by atoms with Crippen LogP contribution in [0.4, 0.5) is 0 Å². The SMILES string of the molecule is O=C(c1c[nH]c(=O)[nH]1)N1CCCC(Cc2nc(-c3cnccn3)no2)C1. The normalized spacial score (nSPS) is 17.4. The van der Waals surface area contributed by atoms with Crippen LogP contribution in [0.25, 0.3) is 11.5 Å². The molecule has 4 heterocycles. The molecular weight excluding hydrogens is 338 g/mol. The van der Waals surface area contributed by atoms with Crippen LogP contribution in [-0.2, 0) is 6.42 Å². The maximum atomic E-state index is 12.5. The van der Waals surface area contributed by atoms with Gasteiger partial charge in [-0.2, -0.15) is 4.98 Å². The fraction of sp³-hybridized carbons (Fsp3) is 0.375. The predicted octanol–water partition coefficient (Wildman–Crippen LogP) is 0.638. The Morgan fingerprint density at radius 2 is 2.31 bits per heavy atom. The Hall–Kier alpha value is -3.30. The van der Waals surface area contributed by atoms with Crippen molar-refractivity contribution in [2.75, 3.05) is 13.1 Å². The summed E-state index contributed by atoms with van der Waals surface area (Å²) in [4.78, 5) is 42.9. The highest BCUT2D eigenvalue weighted by Crippen LogP contribution is 2.22. The molecule has 1 fully saturated rings. The number of imidazole rings is 1. The summed E-state index contributed by atoms with van der Waals surface area (Å²) in [5.41, 5.74) is 0.446. The number of rotatable bonds is 4. The molecule has 2 N–H and O–H groups in total. The van der Waals surface area contributed by atoms with Crippen molar-refractivity contribution in [3.63, 3.8) is 0 Å². The van der Waals surface area contributed by atoms with Crippen LogP contribution in [0.15, 0.2) is 34.1 Å². The summed E-state index contributed by atoms with van der Waals surface area (Å²) in [5, 5.41) is 3.94. The zero-order valence-corrected chi connectivity index (χ0v) is 13.9. The van der Waals surface area contributed by atoms with E-state index in [9.17, 15) is 9.59 Å². The van der Waals surface area contributed by atoms with Gasteiger partial charge in [-0.05, 0) is 18.8 Å². The van der Waals surface area contributed by atoms with Crippen LogP contribution in [0.1, 0.15) is 29.2 Å². The van der Waals surface area contributed by atoms with E-state index in [0.29, 0.717) is 36.9 Å². The number of amides is 1. The Balaban J connectivity index is 1.42. The van der Waals surface area contributed by atoms with Gasteiger partial charge in [0, 0.05) is 38.1 Å². The average molecular weight is 355 g/mol. The van der Waals surface area contributed by atoms with Crippen LogP contribution in [0, 0.1) is 5.92 Å². The number of hydrogen-bond acceptors (Lipinski definition) is 7. The lowest BCUT2D eigenvalue weighted by Gasteiger charge is -2.31. The van der Waals surface area contributed by atoms with Crippen molar-refractivity contribution in [1.82, 2.24) is 35.0 Å². The number of aromatic nitrogens is 6. The predicted molar refractivity (Wildman–Crippen MR) is 89.1 cm³/mol. The molecule has 3 aromatic rings. The van der Waals surface area contributed by atoms with Gasteiger partial charge in [-0.3, -0.25) is 9.78 Å². The van der Waals surface area contributed by atoms with Crippen LogP contribution < -0.4 is 5.69 Å². The van der Waals surface area contributed by atoms with Crippen molar-refractivity contribution in [2.45, 2.75) is 19.3 Å². The molecule has 0 radical (unpaired) electrons. The standard InChI is InChI=1S/C16H17N7O3/c24-15(12-8-19-16(25)20-12)23-5-1-2-10(9-23)6-13-21-14(22-26-13)11-7-17-3-4-18-11/h3-4,7-8,10H,1-2,5-6,9H2,(H2,19,20,25). The number of carbonyl (C=O) groups excluding carboxylic acids is 1. The Morgan fingerprint density at radius 1 is 1.38 bits per heavy atom. The van der Waals surface area contributed by atoms with E-state index in [4.69, 9.17) is 4.52 Å². The Labute approximate surface area is 147 Å². The van der Waals surface area contributed by atoms with E-state index in [1.165, 1.54) is 6.20 Å². The highest BCUT2D eigenvalue weighted by Gasteiger charge is 2.27. The molecule has 0 bridgehead atoms. The molecule has 1 unspecified atom stereocenters. The third-order valence-electron chi connectivity index (χ3n) is 4.36. The van der Waals surface area contributed by atoms with Gasteiger partial charge >= 0.3 is 5.69 Å². The van der Waals surface area contributed by atoms with Crippen LogP contribution >= 0.6 is 0 Å². The minimum absolute atomic E-state index is 0.182. The molecule has 0 spiro atoms. The molecule has 10 nitrogen and oxygen atoms in total. The van der Waals surface area contributed by atoms with E-state index >= 15 is 0 Å². The van der Waals surface area contributed by atoms with Crippen molar-refractivity contribution >= 4 is 5.91 Å². The summed E-state index contributed by atoms with van der Waals surface area (Å²) in [6.45, 7) is 1.24. The number of carbonyl (C=O) groups is 1. The molecule has 3 aromatic heterocycles. The van der Waals surface area contributed by atoms with E-state index in [0.717, 1.165) is 12.8 Å². The lowest BCUT2D eigenvalue weighted by atomic mass is 9.94. The first-order valence-electron chi connectivity index (χ1n) is 8.35. The maximum absolute atomic E-state index is 12.5. The van der Waals surface area contributed by atoms with Crippen LogP contribution in [0.5, 0.6) is 0 Å². The highest BCUT2D eigenvalue weighted by atomic mass is 16.5. The second-order valence-electron chi connectivity index (χ2n) is 6.22. The van der Waals surface area contributed by atoms with Crippen molar-refractivity contribution in [3.05, 3.63) is 46.9 Å². The molecular formula is C16H17N7O3. The molecule has 1 saturated heterocycles. The molecule has 10 heteroatoms. The number of piperidine rings is 1. The number of nitrogens with zero attached hydrogens (tertiary/aromatic N) is 5. The van der Waals surface area contributed by atoms with Crippen molar-refractivity contribution < 1.29 is 9.32 Å². The smallest absolute Gasteiger partial charge is 0.323 e. The first kappa shape index (κ1) is 16.2. The number of nitrogens with one attached hydrogen (secondary N) is 2. The maximum Gasteiger partial charge on any atom is 0.323 e. The summed E-state index contributed by atoms with van der Waals surface area (Å²) in [5.74, 6) is 0.953. The van der Waals surface area contributed by atoms with Crippen LogP contribution in [-0.4, -0.2) is 54.0 Å². The van der Waals surface area contributed by atoms with Gasteiger partial charge < -0.3 is 19.4 Å². The Morgan fingerprint density at radius 3 is 3.08 bits per heavy atom. The van der Waals surface area contributed by atoms with Gasteiger partial charge in [-0.15, -0.1) is 0 Å². The van der Waals surface area contributed by atoms with Crippen LogP contribution in [0.2, 0.25) is 0 Å². The van der Waals surface area contributed by atoms with E-state index < -0.39 is 0 Å². The van der Waals surface area contributed by atoms with Gasteiger partial charge in [0.15, 0.2) is 0 Å². The summed E-state index contributed by atoms with van der Waals surface area (Å²) in [6.07, 6.45) is 8.57. The van der Waals surface area contributed by atoms with Crippen molar-refractivity contribution in [2.24, 2.45) is 5.92 Å². The zero-order valence-electron chi connectivity index (χ0n) is 13.9.